The molecule has 1 aliphatic carbocycles. The molecule has 0 aromatic carbocycles. The minimum Gasteiger partial charge on any atom is -0.462 e. The molecule has 0 fully saturated rings. The Hall–Kier alpha value is -3.86. The molecule has 1 amide bonds. The fourth-order valence-corrected chi connectivity index (χ4v) is 5.35. The summed E-state index contributed by atoms with van der Waals surface area (Å²) in [5.41, 5.74) is 8.94. The molecule has 3 N–H and O–H groups in total. The Labute approximate surface area is 199 Å². The van der Waals surface area contributed by atoms with Crippen LogP contribution in [0.25, 0.3) is 11.2 Å². The zero-order chi connectivity index (χ0) is 23.5. The summed E-state index contributed by atoms with van der Waals surface area (Å²) in [5, 5.41) is 3.44. The van der Waals surface area contributed by atoms with Crippen molar-refractivity contribution in [3.8, 4) is 0 Å². The van der Waals surface area contributed by atoms with Crippen molar-refractivity contribution in [1.82, 2.24) is 24.5 Å². The van der Waals surface area contributed by atoms with Crippen LogP contribution in [0, 0.1) is 0 Å². The number of esters is 1. The minimum absolute atomic E-state index is 0.222. The molecule has 174 valence electrons. The van der Waals surface area contributed by atoms with Gasteiger partial charge in [-0.15, -0.1) is 11.3 Å². The average Bonchev–Trinajstić information content (AvgIpc) is 3.44. The van der Waals surface area contributed by atoms with Crippen LogP contribution in [0.5, 0.6) is 0 Å². The van der Waals surface area contributed by atoms with Gasteiger partial charge in [0, 0.05) is 23.8 Å². The number of aromatic nitrogens is 5. The predicted molar refractivity (Wildman–Crippen MR) is 128 cm³/mol. The quantitative estimate of drug-likeness (QED) is 0.306. The van der Waals surface area contributed by atoms with Gasteiger partial charge >= 0.3 is 5.97 Å². The number of amides is 1. The zero-order valence-corrected chi connectivity index (χ0v) is 19.2. The number of nitrogen functional groups attached to an aromatic ring is 1. The molecule has 5 rings (SSSR count). The fraction of sp³-hybridized carbons (Fsp3) is 0.304. The van der Waals surface area contributed by atoms with Gasteiger partial charge in [0.05, 0.1) is 24.1 Å². The van der Waals surface area contributed by atoms with E-state index in [0.717, 1.165) is 36.1 Å². The van der Waals surface area contributed by atoms with Gasteiger partial charge in [0.1, 0.15) is 16.8 Å². The summed E-state index contributed by atoms with van der Waals surface area (Å²) in [6, 6.07) is 3.39. The number of ether oxygens (including phenoxy) is 1. The molecule has 0 saturated heterocycles. The molecular weight excluding hydrogens is 454 g/mol. The lowest BCUT2D eigenvalue weighted by molar-refractivity contribution is 0.0496. The number of imidazole rings is 1. The number of rotatable bonds is 7. The molecule has 1 aliphatic rings. The number of nitrogens with one attached hydrogen (secondary N) is 1. The van der Waals surface area contributed by atoms with Crippen LogP contribution in [-0.4, -0.2) is 43.0 Å². The molecule has 0 spiro atoms. The summed E-state index contributed by atoms with van der Waals surface area (Å²) < 4.78 is 7.48. The molecule has 0 atom stereocenters. The van der Waals surface area contributed by atoms with Gasteiger partial charge in [0.2, 0.25) is 0 Å². The number of nitrogens with two attached hydrogens (primary N) is 1. The van der Waals surface area contributed by atoms with Crippen LogP contribution in [0.4, 0.5) is 10.8 Å². The molecular formula is C23H23N7O3S. The van der Waals surface area contributed by atoms with Crippen molar-refractivity contribution < 1.29 is 14.3 Å². The second kappa shape index (κ2) is 9.56. The standard InChI is InChI=1S/C23H23N7O3S/c24-19-18-20(27-12-26-19)30(13-28-18)9-4-10-33-23(32)17-15-6-1-2-7-16(15)34-22(17)29-21(31)14-5-3-8-25-11-14/h3,5,8,11-13H,1-2,4,6-7,9-10H2,(H,29,31)(H2,24,26,27). The highest BCUT2D eigenvalue weighted by Gasteiger charge is 2.27. The van der Waals surface area contributed by atoms with Crippen LogP contribution in [0.3, 0.4) is 0 Å². The number of hydrogen-bond donors (Lipinski definition) is 2. The maximum absolute atomic E-state index is 13.1. The van der Waals surface area contributed by atoms with E-state index >= 15 is 0 Å². The van der Waals surface area contributed by atoms with E-state index in [2.05, 4.69) is 25.3 Å². The van der Waals surface area contributed by atoms with Gasteiger partial charge in [0.15, 0.2) is 11.5 Å². The number of anilines is 2. The van der Waals surface area contributed by atoms with Crippen molar-refractivity contribution >= 4 is 45.2 Å². The van der Waals surface area contributed by atoms with Gasteiger partial charge in [-0.05, 0) is 49.8 Å². The highest BCUT2D eigenvalue weighted by molar-refractivity contribution is 7.17. The van der Waals surface area contributed by atoms with Crippen molar-refractivity contribution in [2.75, 3.05) is 17.7 Å². The molecule has 0 bridgehead atoms. The molecule has 0 unspecified atom stereocenters. The fourth-order valence-electron chi connectivity index (χ4n) is 4.08. The van der Waals surface area contributed by atoms with Crippen LogP contribution >= 0.6 is 11.3 Å². The van der Waals surface area contributed by atoms with Crippen LogP contribution in [0.1, 0.15) is 50.4 Å². The first kappa shape index (κ1) is 22.0. The first-order valence-electron chi connectivity index (χ1n) is 11.1. The third-order valence-corrected chi connectivity index (χ3v) is 6.94. The van der Waals surface area contributed by atoms with E-state index in [1.807, 2.05) is 4.57 Å². The van der Waals surface area contributed by atoms with Crippen molar-refractivity contribution in [1.29, 1.82) is 0 Å². The summed E-state index contributed by atoms with van der Waals surface area (Å²) in [5.74, 6) is -0.379. The average molecular weight is 478 g/mol. The maximum atomic E-state index is 13.1. The highest BCUT2D eigenvalue weighted by Crippen LogP contribution is 2.38. The van der Waals surface area contributed by atoms with E-state index in [1.165, 1.54) is 23.9 Å². The third kappa shape index (κ3) is 4.34. The Bertz CT molecular complexity index is 1350. The van der Waals surface area contributed by atoms with Crippen molar-refractivity contribution in [3.05, 3.63) is 58.7 Å². The monoisotopic (exact) mass is 477 g/mol. The van der Waals surface area contributed by atoms with Crippen LogP contribution in [0.15, 0.2) is 37.2 Å². The molecule has 0 radical (unpaired) electrons. The third-order valence-electron chi connectivity index (χ3n) is 5.73. The van der Waals surface area contributed by atoms with Gasteiger partial charge in [-0.3, -0.25) is 9.78 Å². The normalized spacial score (nSPS) is 12.9. The Balaban J connectivity index is 1.27. The molecule has 0 saturated carbocycles. The molecule has 0 aliphatic heterocycles. The number of carbonyl (C=O) groups is 2. The maximum Gasteiger partial charge on any atom is 0.341 e. The lowest BCUT2D eigenvalue weighted by Crippen LogP contribution is -2.16. The number of carbonyl (C=O) groups excluding carboxylic acids is 2. The van der Waals surface area contributed by atoms with E-state index in [4.69, 9.17) is 10.5 Å². The van der Waals surface area contributed by atoms with Gasteiger partial charge in [0.25, 0.3) is 5.91 Å². The highest BCUT2D eigenvalue weighted by atomic mass is 32.1. The SMILES string of the molecule is Nc1ncnc2c1ncn2CCCOC(=O)c1c(NC(=O)c2cccnc2)sc2c1CCCC2. The Morgan fingerprint density at radius 1 is 1.21 bits per heavy atom. The number of nitrogens with zero attached hydrogens (tertiary/aromatic N) is 5. The van der Waals surface area contributed by atoms with E-state index < -0.39 is 5.97 Å². The Morgan fingerprint density at radius 2 is 2.09 bits per heavy atom. The number of thiophene rings is 1. The first-order chi connectivity index (χ1) is 16.6. The van der Waals surface area contributed by atoms with Crippen molar-refractivity contribution in [2.45, 2.75) is 38.6 Å². The van der Waals surface area contributed by atoms with Gasteiger partial charge < -0.3 is 20.4 Å². The van der Waals surface area contributed by atoms with E-state index in [-0.39, 0.29) is 12.5 Å². The second-order valence-corrected chi connectivity index (χ2v) is 9.07. The largest absolute Gasteiger partial charge is 0.462 e. The smallest absolute Gasteiger partial charge is 0.341 e. The second-order valence-electron chi connectivity index (χ2n) is 7.97. The summed E-state index contributed by atoms with van der Waals surface area (Å²) >= 11 is 1.46. The van der Waals surface area contributed by atoms with Crippen LogP contribution in [0.2, 0.25) is 0 Å². The molecule has 34 heavy (non-hydrogen) atoms. The molecule has 10 nitrogen and oxygen atoms in total. The number of pyridine rings is 1. The topological polar surface area (TPSA) is 138 Å². The van der Waals surface area contributed by atoms with Gasteiger partial charge in [-0.1, -0.05) is 0 Å². The lowest BCUT2D eigenvalue weighted by atomic mass is 9.95. The summed E-state index contributed by atoms with van der Waals surface area (Å²) in [4.78, 5) is 43.3. The summed E-state index contributed by atoms with van der Waals surface area (Å²) in [6.07, 6.45) is 10.5. The van der Waals surface area contributed by atoms with Crippen LogP contribution in [-0.2, 0) is 24.1 Å². The first-order valence-corrected chi connectivity index (χ1v) is 11.9. The number of hydrogen-bond acceptors (Lipinski definition) is 9. The summed E-state index contributed by atoms with van der Waals surface area (Å²) in [7, 11) is 0. The molecule has 11 heteroatoms. The van der Waals surface area contributed by atoms with Crippen molar-refractivity contribution in [3.63, 3.8) is 0 Å². The van der Waals surface area contributed by atoms with Gasteiger partial charge in [-0.2, -0.15) is 0 Å². The molecule has 4 aromatic rings. The number of fused-ring (bicyclic) bond motifs is 2. The lowest BCUT2D eigenvalue weighted by Gasteiger charge is -2.13. The minimum atomic E-state index is -0.414. The van der Waals surface area contributed by atoms with E-state index in [9.17, 15) is 9.59 Å². The van der Waals surface area contributed by atoms with Crippen molar-refractivity contribution in [2.24, 2.45) is 0 Å². The van der Waals surface area contributed by atoms with E-state index in [1.54, 1.807) is 24.7 Å². The molecule has 4 heterocycles. The molecule has 4 aromatic heterocycles. The Kier molecular flexibility index (Phi) is 6.17. The zero-order valence-electron chi connectivity index (χ0n) is 18.4. The van der Waals surface area contributed by atoms with Crippen LogP contribution < -0.4 is 11.1 Å². The van der Waals surface area contributed by atoms with E-state index in [0.29, 0.717) is 46.1 Å². The number of aryl methyl sites for hydroxylation is 2. The summed E-state index contributed by atoms with van der Waals surface area (Å²) in [6.45, 7) is 0.784. The van der Waals surface area contributed by atoms with Gasteiger partial charge in [-0.25, -0.2) is 19.7 Å². The predicted octanol–water partition coefficient (Wildman–Crippen LogP) is 3.24. The Morgan fingerprint density at radius 3 is 2.94 bits per heavy atom.